The number of hydrogen-bond acceptors (Lipinski definition) is 4. The zero-order valence-corrected chi connectivity index (χ0v) is 5.49. The maximum absolute atomic E-state index is 9.50. The molecule has 0 unspecified atom stereocenters. The van der Waals surface area contributed by atoms with Gasteiger partial charge in [0.15, 0.2) is 18.5 Å². The molecular formula is C6H10O4. The molecule has 4 nitrogen and oxygen atoms in total. The molecule has 0 radical (unpaired) electrons. The number of rotatable bonds is 5. The molecule has 0 saturated carbocycles. The van der Waals surface area contributed by atoms with Gasteiger partial charge >= 0.3 is 0 Å². The molecule has 0 atom stereocenters. The highest BCUT2D eigenvalue weighted by Gasteiger charge is 1.94. The Morgan fingerprint density at radius 3 is 2.80 bits per heavy atom. The lowest BCUT2D eigenvalue weighted by atomic mass is 10.3. The van der Waals surface area contributed by atoms with E-state index in [0.29, 0.717) is 13.0 Å². The highest BCUT2D eigenvalue weighted by atomic mass is 16.5. The zero-order valence-electron chi connectivity index (χ0n) is 5.49. The third-order valence-electron chi connectivity index (χ3n) is 0.856. The fourth-order valence-corrected chi connectivity index (χ4v) is 0.442. The maximum Gasteiger partial charge on any atom is 0.166 e. The molecule has 0 aromatic carbocycles. The lowest BCUT2D eigenvalue weighted by molar-refractivity contribution is -0.0486. The average molecular weight is 146 g/mol. The molecule has 0 aromatic heterocycles. The first-order chi connectivity index (χ1) is 4.77. The lowest BCUT2D eigenvalue weighted by Crippen LogP contribution is -2.04. The largest absolute Gasteiger partial charge is 0.490 e. The van der Waals surface area contributed by atoms with Gasteiger partial charge in [0, 0.05) is 6.42 Å². The van der Waals surface area contributed by atoms with Gasteiger partial charge in [-0.25, -0.2) is 4.79 Å². The van der Waals surface area contributed by atoms with Crippen LogP contribution in [-0.4, -0.2) is 29.1 Å². The number of hydrogen-bond donors (Lipinski definition) is 2. The molecule has 2 N–H and O–H groups in total. The van der Waals surface area contributed by atoms with Crippen LogP contribution in [0.25, 0.3) is 0 Å². The van der Waals surface area contributed by atoms with E-state index < -0.39 is 6.29 Å². The van der Waals surface area contributed by atoms with Crippen molar-refractivity contribution in [3.05, 3.63) is 6.26 Å². The van der Waals surface area contributed by atoms with Crippen molar-refractivity contribution in [1.82, 2.24) is 0 Å². The van der Waals surface area contributed by atoms with Gasteiger partial charge in [-0.3, -0.25) is 0 Å². The van der Waals surface area contributed by atoms with E-state index in [2.05, 4.69) is 4.74 Å². The van der Waals surface area contributed by atoms with Crippen LogP contribution >= 0.6 is 0 Å². The van der Waals surface area contributed by atoms with Gasteiger partial charge < -0.3 is 14.9 Å². The fraction of sp³-hybridized carbons (Fsp3) is 0.667. The first-order valence-electron chi connectivity index (χ1n) is 2.94. The predicted molar refractivity (Wildman–Crippen MR) is 33.7 cm³/mol. The summed E-state index contributed by atoms with van der Waals surface area (Å²) < 4.78 is 4.56. The standard InChI is InChI=1S/C6H10O4/c7-3-5-10-4-1-2-6(8)9/h5-6,8-9H,1-2,4H2. The Bertz CT molecular complexity index is 115. The van der Waals surface area contributed by atoms with Gasteiger partial charge in [-0.05, 0) is 6.42 Å². The van der Waals surface area contributed by atoms with Gasteiger partial charge in [-0.2, -0.15) is 0 Å². The van der Waals surface area contributed by atoms with Gasteiger partial charge in [-0.15, -0.1) is 0 Å². The Hall–Kier alpha value is -0.830. The summed E-state index contributed by atoms with van der Waals surface area (Å²) in [6.07, 6.45) is 0.385. The van der Waals surface area contributed by atoms with Gasteiger partial charge in [-0.1, -0.05) is 0 Å². The summed E-state index contributed by atoms with van der Waals surface area (Å²) in [5.41, 5.74) is 0. The Balaban J connectivity index is 2.98. The molecule has 10 heavy (non-hydrogen) atoms. The van der Waals surface area contributed by atoms with Gasteiger partial charge in [0.25, 0.3) is 0 Å². The minimum Gasteiger partial charge on any atom is -0.490 e. The molecule has 0 spiro atoms. The van der Waals surface area contributed by atoms with Crippen LogP contribution in [0.1, 0.15) is 12.8 Å². The van der Waals surface area contributed by atoms with E-state index in [4.69, 9.17) is 10.2 Å². The topological polar surface area (TPSA) is 66.8 Å². The smallest absolute Gasteiger partial charge is 0.166 e. The van der Waals surface area contributed by atoms with Crippen molar-refractivity contribution in [3.63, 3.8) is 0 Å². The second kappa shape index (κ2) is 6.29. The molecule has 0 aromatic rings. The Labute approximate surface area is 58.7 Å². The van der Waals surface area contributed by atoms with Crippen molar-refractivity contribution in [2.75, 3.05) is 6.61 Å². The lowest BCUT2D eigenvalue weighted by Gasteiger charge is -2.00. The summed E-state index contributed by atoms with van der Waals surface area (Å²) >= 11 is 0. The molecule has 0 heterocycles. The van der Waals surface area contributed by atoms with Gasteiger partial charge in [0.05, 0.1) is 6.61 Å². The number of aliphatic hydroxyl groups is 2. The van der Waals surface area contributed by atoms with Crippen molar-refractivity contribution in [2.24, 2.45) is 0 Å². The van der Waals surface area contributed by atoms with E-state index in [1.165, 1.54) is 5.94 Å². The third-order valence-corrected chi connectivity index (χ3v) is 0.856. The SMILES string of the molecule is O=C=COCCCC(O)O. The Kier molecular flexibility index (Phi) is 5.77. The highest BCUT2D eigenvalue weighted by Crippen LogP contribution is 1.92. The molecule has 58 valence electrons. The molecule has 0 rings (SSSR count). The Morgan fingerprint density at radius 1 is 1.60 bits per heavy atom. The van der Waals surface area contributed by atoms with Crippen molar-refractivity contribution in [3.8, 4) is 0 Å². The normalized spacial score (nSPS) is 9.10. The van der Waals surface area contributed by atoms with Crippen LogP contribution in [0.4, 0.5) is 0 Å². The molecule has 0 amide bonds. The minimum absolute atomic E-state index is 0.257. The summed E-state index contributed by atoms with van der Waals surface area (Å²) in [5, 5.41) is 16.6. The number of ether oxygens (including phenoxy) is 1. The first kappa shape index (κ1) is 9.17. The van der Waals surface area contributed by atoms with Crippen LogP contribution in [-0.2, 0) is 9.53 Å². The number of aliphatic hydroxyl groups excluding tert-OH is 1. The van der Waals surface area contributed by atoms with Gasteiger partial charge in [0.2, 0.25) is 0 Å². The molecule has 0 aliphatic heterocycles. The van der Waals surface area contributed by atoms with Crippen LogP contribution in [0.3, 0.4) is 0 Å². The molecule has 0 fully saturated rings. The third kappa shape index (κ3) is 7.17. The van der Waals surface area contributed by atoms with Crippen LogP contribution in [0.15, 0.2) is 6.26 Å². The first-order valence-corrected chi connectivity index (χ1v) is 2.94. The molecule has 0 aliphatic rings. The fourth-order valence-electron chi connectivity index (χ4n) is 0.442. The summed E-state index contributed by atoms with van der Waals surface area (Å²) in [7, 11) is 0. The summed E-state index contributed by atoms with van der Waals surface area (Å²) in [4.78, 5) is 9.50. The van der Waals surface area contributed by atoms with Crippen molar-refractivity contribution in [2.45, 2.75) is 19.1 Å². The second-order valence-corrected chi connectivity index (χ2v) is 1.73. The Morgan fingerprint density at radius 2 is 2.30 bits per heavy atom. The zero-order chi connectivity index (χ0) is 7.82. The van der Waals surface area contributed by atoms with E-state index >= 15 is 0 Å². The van der Waals surface area contributed by atoms with E-state index in [1.54, 1.807) is 0 Å². The van der Waals surface area contributed by atoms with E-state index in [-0.39, 0.29) is 6.42 Å². The van der Waals surface area contributed by atoms with Crippen LogP contribution in [0, 0.1) is 0 Å². The predicted octanol–water partition coefficient (Wildman–Crippen LogP) is -0.561. The quantitative estimate of drug-likeness (QED) is 0.236. The van der Waals surface area contributed by atoms with E-state index in [9.17, 15) is 4.79 Å². The van der Waals surface area contributed by atoms with Crippen molar-refractivity contribution < 1.29 is 19.7 Å². The van der Waals surface area contributed by atoms with Crippen LogP contribution in [0.2, 0.25) is 0 Å². The molecular weight excluding hydrogens is 136 g/mol. The molecule has 4 heteroatoms. The van der Waals surface area contributed by atoms with Crippen LogP contribution in [0.5, 0.6) is 0 Å². The average Bonchev–Trinajstić information content (AvgIpc) is 1.87. The molecule has 0 aliphatic carbocycles. The van der Waals surface area contributed by atoms with Crippen molar-refractivity contribution in [1.29, 1.82) is 0 Å². The minimum atomic E-state index is -1.29. The maximum atomic E-state index is 9.50. The summed E-state index contributed by atoms with van der Waals surface area (Å²) in [6.45, 7) is 0.312. The number of carbonyl (C=O) groups excluding carboxylic acids is 1. The second-order valence-electron chi connectivity index (χ2n) is 1.73. The highest BCUT2D eigenvalue weighted by molar-refractivity contribution is 5.42. The van der Waals surface area contributed by atoms with Crippen LogP contribution < -0.4 is 0 Å². The van der Waals surface area contributed by atoms with Crippen molar-refractivity contribution >= 4 is 5.94 Å². The molecule has 0 bridgehead atoms. The van der Waals surface area contributed by atoms with E-state index in [0.717, 1.165) is 6.26 Å². The molecule has 0 saturated heterocycles. The monoisotopic (exact) mass is 146 g/mol. The van der Waals surface area contributed by atoms with Gasteiger partial charge in [0.1, 0.15) is 0 Å². The summed E-state index contributed by atoms with van der Waals surface area (Å²) in [5.74, 6) is 1.43. The summed E-state index contributed by atoms with van der Waals surface area (Å²) in [6, 6.07) is 0. The van der Waals surface area contributed by atoms with E-state index in [1.807, 2.05) is 0 Å².